The molecular weight excluding hydrogens is 185 g/mol. The molecule has 72 valence electrons. The summed E-state index contributed by atoms with van der Waals surface area (Å²) in [6, 6.07) is 7.39. The summed E-state index contributed by atoms with van der Waals surface area (Å²) < 4.78 is 11.0. The van der Waals surface area contributed by atoms with Gasteiger partial charge >= 0.3 is 0 Å². The maximum Gasteiger partial charge on any atom is 0.197 e. The fourth-order valence-corrected chi connectivity index (χ4v) is 1.76. The van der Waals surface area contributed by atoms with Crippen LogP contribution in [0.15, 0.2) is 24.3 Å². The summed E-state index contributed by atoms with van der Waals surface area (Å²) in [6.07, 6.45) is 0.922. The van der Waals surface area contributed by atoms with E-state index in [0.29, 0.717) is 18.3 Å². The van der Waals surface area contributed by atoms with Gasteiger partial charge in [0.15, 0.2) is 7.37 Å². The van der Waals surface area contributed by atoms with Crippen molar-refractivity contribution in [2.45, 2.75) is 6.42 Å². The molecule has 1 aromatic carbocycles. The molecule has 1 unspecified atom stereocenters. The van der Waals surface area contributed by atoms with Crippen LogP contribution in [0.1, 0.15) is 5.56 Å². The summed E-state index contributed by atoms with van der Waals surface area (Å²) in [5.41, 5.74) is 7.27. The molecule has 0 radical (unpaired) electrons. The summed E-state index contributed by atoms with van der Waals surface area (Å²) in [5, 5.41) is 0. The van der Waals surface area contributed by atoms with Gasteiger partial charge in [-0.2, -0.15) is 0 Å². The van der Waals surface area contributed by atoms with Gasteiger partial charge in [0.2, 0.25) is 0 Å². The second kappa shape index (κ2) is 3.95. The monoisotopic (exact) mass is 199 g/mol. The van der Waals surface area contributed by atoms with E-state index in [1.165, 1.54) is 6.66 Å². The largest absolute Gasteiger partial charge is 0.399 e. The van der Waals surface area contributed by atoms with Crippen LogP contribution in [0.2, 0.25) is 0 Å². The minimum absolute atomic E-state index is 0.316. The van der Waals surface area contributed by atoms with E-state index in [-0.39, 0.29) is 0 Å². The highest BCUT2D eigenvalue weighted by Crippen LogP contribution is 2.35. The number of benzene rings is 1. The Morgan fingerprint density at radius 1 is 1.54 bits per heavy atom. The van der Waals surface area contributed by atoms with Gasteiger partial charge in [0, 0.05) is 18.5 Å². The van der Waals surface area contributed by atoms with Crippen molar-refractivity contribution in [3.8, 4) is 0 Å². The molecule has 0 saturated carbocycles. The van der Waals surface area contributed by atoms with Crippen molar-refractivity contribution >= 4 is 13.1 Å². The highest BCUT2D eigenvalue weighted by Gasteiger charge is 2.08. The zero-order valence-electron chi connectivity index (χ0n) is 7.60. The third-order valence-corrected chi connectivity index (χ3v) is 2.82. The van der Waals surface area contributed by atoms with Gasteiger partial charge in [-0.1, -0.05) is 12.1 Å². The number of hydrogen-bond acceptors (Lipinski definition) is 2. The van der Waals surface area contributed by atoms with E-state index >= 15 is 0 Å². The SMILES string of the molecule is CP(=O)(O)CCc1cccc(N)c1. The van der Waals surface area contributed by atoms with Crippen LogP contribution in [0.4, 0.5) is 5.69 Å². The van der Waals surface area contributed by atoms with Gasteiger partial charge < -0.3 is 10.6 Å². The number of hydrogen-bond donors (Lipinski definition) is 2. The molecule has 1 atom stereocenters. The van der Waals surface area contributed by atoms with Crippen molar-refractivity contribution in [2.75, 3.05) is 18.6 Å². The number of anilines is 1. The number of nitrogens with two attached hydrogens (primary N) is 1. The highest BCUT2D eigenvalue weighted by atomic mass is 31.2. The fraction of sp³-hybridized carbons (Fsp3) is 0.333. The van der Waals surface area contributed by atoms with E-state index in [1.807, 2.05) is 18.2 Å². The number of nitrogen functional groups attached to an aromatic ring is 1. The molecule has 1 aromatic rings. The number of rotatable bonds is 3. The molecule has 4 heteroatoms. The van der Waals surface area contributed by atoms with E-state index in [4.69, 9.17) is 10.6 Å². The Bertz CT molecular complexity index is 332. The second-order valence-electron chi connectivity index (χ2n) is 3.27. The molecule has 0 heterocycles. The van der Waals surface area contributed by atoms with Crippen molar-refractivity contribution in [3.05, 3.63) is 29.8 Å². The zero-order valence-corrected chi connectivity index (χ0v) is 8.50. The molecule has 0 aromatic heterocycles. The molecule has 0 spiro atoms. The van der Waals surface area contributed by atoms with Crippen LogP contribution in [0.25, 0.3) is 0 Å². The van der Waals surface area contributed by atoms with Gasteiger partial charge in [-0.25, -0.2) is 0 Å². The summed E-state index contributed by atoms with van der Waals surface area (Å²) in [5.74, 6) is 0. The summed E-state index contributed by atoms with van der Waals surface area (Å²) in [6.45, 7) is 1.37. The lowest BCUT2D eigenvalue weighted by Gasteiger charge is -2.05. The van der Waals surface area contributed by atoms with Crippen LogP contribution >= 0.6 is 7.37 Å². The van der Waals surface area contributed by atoms with Crippen LogP contribution < -0.4 is 5.73 Å². The van der Waals surface area contributed by atoms with Crippen LogP contribution in [0.5, 0.6) is 0 Å². The molecule has 0 bridgehead atoms. The molecule has 0 amide bonds. The Balaban J connectivity index is 2.60. The average molecular weight is 199 g/mol. The topological polar surface area (TPSA) is 63.3 Å². The first-order valence-corrected chi connectivity index (χ1v) is 6.40. The van der Waals surface area contributed by atoms with Crippen molar-refractivity contribution in [2.24, 2.45) is 0 Å². The Morgan fingerprint density at radius 3 is 2.77 bits per heavy atom. The molecule has 0 saturated heterocycles. The Labute approximate surface area is 78.0 Å². The smallest absolute Gasteiger partial charge is 0.197 e. The predicted octanol–water partition coefficient (Wildman–Crippen LogP) is 1.71. The van der Waals surface area contributed by atoms with E-state index in [0.717, 1.165) is 5.56 Å². The normalized spacial score (nSPS) is 15.2. The summed E-state index contributed by atoms with van der Waals surface area (Å²) >= 11 is 0. The Morgan fingerprint density at radius 2 is 2.23 bits per heavy atom. The van der Waals surface area contributed by atoms with E-state index in [1.54, 1.807) is 6.07 Å². The molecule has 1 rings (SSSR count). The molecule has 3 nitrogen and oxygen atoms in total. The number of aryl methyl sites for hydroxylation is 1. The van der Waals surface area contributed by atoms with Gasteiger partial charge in [-0.15, -0.1) is 0 Å². The van der Waals surface area contributed by atoms with Crippen molar-refractivity contribution in [1.29, 1.82) is 0 Å². The van der Waals surface area contributed by atoms with Gasteiger partial charge in [0.25, 0.3) is 0 Å². The first-order valence-electron chi connectivity index (χ1n) is 4.11. The fourth-order valence-electron chi connectivity index (χ4n) is 1.09. The zero-order chi connectivity index (χ0) is 9.90. The second-order valence-corrected chi connectivity index (χ2v) is 5.82. The lowest BCUT2D eigenvalue weighted by Crippen LogP contribution is -1.94. The first-order chi connectivity index (χ1) is 5.97. The van der Waals surface area contributed by atoms with E-state index in [9.17, 15) is 4.57 Å². The van der Waals surface area contributed by atoms with Gasteiger partial charge in [0.05, 0.1) is 0 Å². The van der Waals surface area contributed by atoms with Gasteiger partial charge in [0.1, 0.15) is 0 Å². The molecule has 0 aliphatic carbocycles. The maximum atomic E-state index is 11.0. The third-order valence-electron chi connectivity index (χ3n) is 1.77. The average Bonchev–Trinajstić information content (AvgIpc) is 2.00. The quantitative estimate of drug-likeness (QED) is 0.575. The van der Waals surface area contributed by atoms with Gasteiger partial charge in [-0.05, 0) is 24.1 Å². The molecular formula is C9H14NO2P. The maximum absolute atomic E-state index is 11.0. The van der Waals surface area contributed by atoms with Crippen molar-refractivity contribution < 1.29 is 9.46 Å². The lowest BCUT2D eigenvalue weighted by atomic mass is 10.1. The predicted molar refractivity (Wildman–Crippen MR) is 55.2 cm³/mol. The van der Waals surface area contributed by atoms with Crippen LogP contribution in [0, 0.1) is 0 Å². The molecule has 0 aliphatic heterocycles. The highest BCUT2D eigenvalue weighted by molar-refractivity contribution is 7.57. The molecule has 0 aliphatic rings. The molecule has 3 N–H and O–H groups in total. The minimum Gasteiger partial charge on any atom is -0.399 e. The minimum atomic E-state index is -2.89. The molecule has 0 fully saturated rings. The van der Waals surface area contributed by atoms with Crippen LogP contribution in [-0.2, 0) is 11.0 Å². The van der Waals surface area contributed by atoms with E-state index < -0.39 is 7.37 Å². The summed E-state index contributed by atoms with van der Waals surface area (Å²) in [4.78, 5) is 9.07. The van der Waals surface area contributed by atoms with Crippen molar-refractivity contribution in [3.63, 3.8) is 0 Å². The lowest BCUT2D eigenvalue weighted by molar-refractivity contribution is 0.484. The Hall–Kier alpha value is -0.790. The standard InChI is InChI=1S/C9H14NO2P/c1-13(11,12)6-5-8-3-2-4-9(10)7-8/h2-4,7H,5-6,10H2,1H3,(H,11,12). The van der Waals surface area contributed by atoms with Crippen LogP contribution in [-0.4, -0.2) is 17.7 Å². The van der Waals surface area contributed by atoms with E-state index in [2.05, 4.69) is 0 Å². The van der Waals surface area contributed by atoms with Gasteiger partial charge in [-0.3, -0.25) is 4.57 Å². The molecule has 13 heavy (non-hydrogen) atoms. The van der Waals surface area contributed by atoms with Crippen LogP contribution in [0.3, 0.4) is 0 Å². The first kappa shape index (κ1) is 10.3. The Kier molecular flexibility index (Phi) is 3.12. The third kappa shape index (κ3) is 4.11. The summed E-state index contributed by atoms with van der Waals surface area (Å²) in [7, 11) is -2.89. The van der Waals surface area contributed by atoms with Crippen molar-refractivity contribution in [1.82, 2.24) is 0 Å².